The molecule has 0 bridgehead atoms. The van der Waals surface area contributed by atoms with E-state index in [1.165, 1.54) is 16.4 Å². The first kappa shape index (κ1) is 20.1. The molecule has 0 aromatic heterocycles. The number of hydrogen-bond donors (Lipinski definition) is 1. The molecule has 0 unspecified atom stereocenters. The van der Waals surface area contributed by atoms with Crippen molar-refractivity contribution in [2.24, 2.45) is 11.0 Å². The molecule has 9 heteroatoms. The van der Waals surface area contributed by atoms with Crippen molar-refractivity contribution in [2.45, 2.75) is 43.0 Å². The summed E-state index contributed by atoms with van der Waals surface area (Å²) in [5.74, 6) is 0.615. The molecule has 1 N–H and O–H groups in total. The maximum absolute atomic E-state index is 13.0. The second-order valence-corrected chi connectivity index (χ2v) is 9.19. The summed E-state index contributed by atoms with van der Waals surface area (Å²) in [6.07, 6.45) is 4.73. The first-order valence-corrected chi connectivity index (χ1v) is 11.0. The minimum atomic E-state index is -3.66. The maximum atomic E-state index is 13.0. The van der Waals surface area contributed by atoms with Crippen LogP contribution in [0.3, 0.4) is 0 Å². The van der Waals surface area contributed by atoms with Gasteiger partial charge in [-0.25, -0.2) is 8.42 Å². The Balaban J connectivity index is 1.61. The molecule has 0 saturated carbocycles. The fourth-order valence-electron chi connectivity index (χ4n) is 4.18. The number of rotatable bonds is 6. The fourth-order valence-corrected chi connectivity index (χ4v) is 5.78. The van der Waals surface area contributed by atoms with E-state index in [1.807, 2.05) is 0 Å². The van der Waals surface area contributed by atoms with E-state index in [0.717, 1.165) is 45.2 Å². The van der Waals surface area contributed by atoms with Gasteiger partial charge in [0.25, 0.3) is 0 Å². The fraction of sp³-hybridized carbons (Fsp3) is 0.667. The number of azide groups is 1. The number of nitrogens with zero attached hydrogens (tertiary/aromatic N) is 5. The van der Waals surface area contributed by atoms with Gasteiger partial charge < -0.3 is 10.0 Å². The summed E-state index contributed by atoms with van der Waals surface area (Å²) in [5.41, 5.74) is 8.83. The third kappa shape index (κ3) is 4.62. The van der Waals surface area contributed by atoms with E-state index in [4.69, 9.17) is 10.6 Å². The lowest BCUT2D eigenvalue weighted by Crippen LogP contribution is -2.49. The molecule has 27 heavy (non-hydrogen) atoms. The van der Waals surface area contributed by atoms with Crippen molar-refractivity contribution >= 4 is 15.7 Å². The smallest absolute Gasteiger partial charge is 0.243 e. The van der Waals surface area contributed by atoms with Crippen LogP contribution in [0.25, 0.3) is 10.4 Å². The average molecular weight is 394 g/mol. The summed E-state index contributed by atoms with van der Waals surface area (Å²) in [6, 6.07) is 6.74. The van der Waals surface area contributed by atoms with E-state index in [9.17, 15) is 8.42 Å². The van der Waals surface area contributed by atoms with Crippen LogP contribution in [-0.4, -0.2) is 61.6 Å². The van der Waals surface area contributed by atoms with Crippen LogP contribution in [0.1, 0.15) is 32.1 Å². The highest BCUT2D eigenvalue weighted by Crippen LogP contribution is 2.31. The van der Waals surface area contributed by atoms with Gasteiger partial charge in [0.2, 0.25) is 10.0 Å². The van der Waals surface area contributed by atoms with Gasteiger partial charge in [-0.15, -0.1) is 0 Å². The minimum Gasteiger partial charge on any atom is -0.396 e. The zero-order valence-electron chi connectivity index (χ0n) is 15.4. The Morgan fingerprint density at radius 3 is 2.41 bits per heavy atom. The summed E-state index contributed by atoms with van der Waals surface area (Å²) in [7, 11) is -3.66. The van der Waals surface area contributed by atoms with E-state index in [1.54, 1.807) is 12.1 Å². The molecule has 2 saturated heterocycles. The van der Waals surface area contributed by atoms with Gasteiger partial charge in [-0.2, -0.15) is 4.31 Å². The van der Waals surface area contributed by atoms with Crippen LogP contribution < -0.4 is 0 Å². The largest absolute Gasteiger partial charge is 0.396 e. The lowest BCUT2D eigenvalue weighted by atomic mass is 9.92. The van der Waals surface area contributed by atoms with Crippen LogP contribution in [0.15, 0.2) is 34.3 Å². The molecular weight excluding hydrogens is 366 g/mol. The molecule has 3 rings (SSSR count). The Kier molecular flexibility index (Phi) is 6.73. The van der Waals surface area contributed by atoms with Crippen molar-refractivity contribution in [2.75, 3.05) is 32.8 Å². The van der Waals surface area contributed by atoms with Gasteiger partial charge in [0, 0.05) is 30.6 Å². The first-order chi connectivity index (χ1) is 13.1. The number of sulfonamides is 1. The monoisotopic (exact) mass is 393 g/mol. The third-order valence-electron chi connectivity index (χ3n) is 5.76. The van der Waals surface area contributed by atoms with E-state index in [2.05, 4.69) is 14.9 Å². The van der Waals surface area contributed by atoms with Crippen molar-refractivity contribution in [3.05, 3.63) is 34.7 Å². The summed E-state index contributed by atoms with van der Waals surface area (Å²) in [4.78, 5) is 5.29. The first-order valence-electron chi connectivity index (χ1n) is 9.55. The zero-order valence-corrected chi connectivity index (χ0v) is 16.3. The van der Waals surface area contributed by atoms with Crippen LogP contribution >= 0.6 is 0 Å². The van der Waals surface area contributed by atoms with Crippen LogP contribution in [0.2, 0.25) is 0 Å². The molecule has 1 aromatic rings. The van der Waals surface area contributed by atoms with E-state index >= 15 is 0 Å². The van der Waals surface area contributed by atoms with Gasteiger partial charge in [-0.3, -0.25) is 0 Å². The molecule has 2 fully saturated rings. The predicted octanol–water partition coefficient (Wildman–Crippen LogP) is 2.88. The maximum Gasteiger partial charge on any atom is 0.243 e. The Morgan fingerprint density at radius 2 is 1.78 bits per heavy atom. The van der Waals surface area contributed by atoms with Crippen LogP contribution in [-0.2, 0) is 10.0 Å². The van der Waals surface area contributed by atoms with Crippen molar-refractivity contribution in [3.8, 4) is 0 Å². The highest BCUT2D eigenvalue weighted by Gasteiger charge is 2.33. The van der Waals surface area contributed by atoms with Gasteiger partial charge in [0.1, 0.15) is 0 Å². The van der Waals surface area contributed by atoms with E-state index < -0.39 is 10.0 Å². The molecular formula is C18H27N5O3S. The van der Waals surface area contributed by atoms with Crippen LogP contribution in [0, 0.1) is 5.92 Å². The molecule has 2 heterocycles. The van der Waals surface area contributed by atoms with Gasteiger partial charge in [0.15, 0.2) is 0 Å². The molecule has 0 amide bonds. The van der Waals surface area contributed by atoms with Crippen molar-refractivity contribution in [1.82, 2.24) is 9.21 Å². The second-order valence-electron chi connectivity index (χ2n) is 7.28. The number of likely N-dealkylation sites (tertiary alicyclic amines) is 1. The topological polar surface area (TPSA) is 110 Å². The Hall–Kier alpha value is -1.64. The van der Waals surface area contributed by atoms with E-state index in [0.29, 0.717) is 25.0 Å². The molecule has 0 atom stereocenters. The quantitative estimate of drug-likeness (QED) is 0.455. The van der Waals surface area contributed by atoms with Crippen molar-refractivity contribution < 1.29 is 13.5 Å². The molecule has 2 aliphatic rings. The summed E-state index contributed by atoms with van der Waals surface area (Å²) < 4.78 is 27.5. The highest BCUT2D eigenvalue weighted by atomic mass is 32.2. The predicted molar refractivity (Wildman–Crippen MR) is 103 cm³/mol. The van der Waals surface area contributed by atoms with E-state index in [-0.39, 0.29) is 17.2 Å². The third-order valence-corrected chi connectivity index (χ3v) is 7.71. The number of aliphatic hydroxyl groups is 1. The van der Waals surface area contributed by atoms with Crippen LogP contribution in [0.5, 0.6) is 0 Å². The van der Waals surface area contributed by atoms with Gasteiger partial charge in [0.05, 0.1) is 10.6 Å². The highest BCUT2D eigenvalue weighted by molar-refractivity contribution is 7.89. The number of aliphatic hydroxyl groups excluding tert-OH is 1. The SMILES string of the molecule is [N-]=[N+]=Nc1ccccc1S(=O)(=O)N1CCC(N2CCC(CCO)CC2)CC1. The molecule has 148 valence electrons. The second kappa shape index (κ2) is 9.03. The number of hydrogen-bond acceptors (Lipinski definition) is 5. The Morgan fingerprint density at radius 1 is 1.11 bits per heavy atom. The normalized spacial score (nSPS) is 21.1. The molecule has 8 nitrogen and oxygen atoms in total. The lowest BCUT2D eigenvalue weighted by Gasteiger charge is -2.41. The van der Waals surface area contributed by atoms with Gasteiger partial charge >= 0.3 is 0 Å². The van der Waals surface area contributed by atoms with Gasteiger partial charge in [-0.05, 0) is 62.7 Å². The standard InChI is InChI=1S/C18H27N5O3S/c19-21-20-17-3-1-2-4-18(17)27(25,26)23-12-7-16(8-13-23)22-10-5-15(6-11-22)9-14-24/h1-4,15-16,24H,5-14H2. The molecule has 0 radical (unpaired) electrons. The van der Waals surface area contributed by atoms with Gasteiger partial charge in [-0.1, -0.05) is 23.3 Å². The summed E-state index contributed by atoms with van der Waals surface area (Å²) in [6.45, 7) is 3.28. The Bertz CT molecular complexity index is 778. The number of piperidine rings is 2. The van der Waals surface area contributed by atoms with Crippen molar-refractivity contribution in [3.63, 3.8) is 0 Å². The van der Waals surface area contributed by atoms with Crippen LogP contribution in [0.4, 0.5) is 5.69 Å². The number of benzene rings is 1. The Labute approximate surface area is 160 Å². The molecule has 1 aromatic carbocycles. The molecule has 0 spiro atoms. The summed E-state index contributed by atoms with van der Waals surface area (Å²) >= 11 is 0. The molecule has 2 aliphatic heterocycles. The minimum absolute atomic E-state index is 0.0751. The summed E-state index contributed by atoms with van der Waals surface area (Å²) in [5, 5.41) is 12.6. The average Bonchev–Trinajstić information content (AvgIpc) is 2.69. The zero-order chi connectivity index (χ0) is 19.3. The lowest BCUT2D eigenvalue weighted by molar-refractivity contribution is 0.0894. The molecule has 0 aliphatic carbocycles. The van der Waals surface area contributed by atoms with Crippen molar-refractivity contribution in [1.29, 1.82) is 0 Å².